The first-order valence-corrected chi connectivity index (χ1v) is 18.0. The van der Waals surface area contributed by atoms with Crippen LogP contribution >= 0.6 is 0 Å². The largest absolute Gasteiger partial charge is 0.463 e. The summed E-state index contributed by atoms with van der Waals surface area (Å²) in [4.78, 5) is 35.8. The number of unbranched alkanes of at least 4 members (excludes halogenated alkanes) is 12. The molecule has 0 aliphatic heterocycles. The van der Waals surface area contributed by atoms with Crippen molar-refractivity contribution in [3.63, 3.8) is 0 Å². The van der Waals surface area contributed by atoms with Crippen molar-refractivity contribution in [2.24, 2.45) is 5.92 Å². The molecule has 0 spiro atoms. The third-order valence-corrected chi connectivity index (χ3v) is 7.47. The lowest BCUT2D eigenvalue weighted by molar-refractivity contribution is -0.152. The zero-order chi connectivity index (χ0) is 33.2. The summed E-state index contributed by atoms with van der Waals surface area (Å²) in [6, 6.07) is 0. The van der Waals surface area contributed by atoms with Crippen LogP contribution in [0.4, 0.5) is 0 Å². The van der Waals surface area contributed by atoms with E-state index < -0.39 is 12.1 Å². The second kappa shape index (κ2) is 32.9. The van der Waals surface area contributed by atoms with Crippen LogP contribution in [0.15, 0.2) is 48.6 Å². The maximum atomic E-state index is 12.0. The summed E-state index contributed by atoms with van der Waals surface area (Å²) < 4.78 is 10.2. The molecule has 0 aliphatic rings. The topological polar surface area (TPSA) is 89.9 Å². The van der Waals surface area contributed by atoms with Gasteiger partial charge in [-0.2, -0.15) is 0 Å². The molecule has 0 rings (SSSR count). The number of esters is 2. The summed E-state index contributed by atoms with van der Waals surface area (Å²) >= 11 is 0. The van der Waals surface area contributed by atoms with E-state index in [0.29, 0.717) is 12.8 Å². The molecule has 0 radical (unpaired) electrons. The van der Waals surface area contributed by atoms with Gasteiger partial charge < -0.3 is 14.6 Å². The Morgan fingerprint density at radius 1 is 0.600 bits per heavy atom. The summed E-state index contributed by atoms with van der Waals surface area (Å²) in [5.74, 6) is -0.0489. The molecule has 0 heterocycles. The third kappa shape index (κ3) is 34.2. The fourth-order valence-electron chi connectivity index (χ4n) is 4.69. The summed E-state index contributed by atoms with van der Waals surface area (Å²) in [6.45, 7) is 6.36. The summed E-state index contributed by atoms with van der Waals surface area (Å²) in [5, 5.41) is 9.96. The van der Waals surface area contributed by atoms with E-state index in [1.807, 2.05) is 12.2 Å². The molecule has 0 fully saturated rings. The Morgan fingerprint density at radius 3 is 1.73 bits per heavy atom. The van der Waals surface area contributed by atoms with Crippen LogP contribution in [-0.2, 0) is 23.9 Å². The lowest BCUT2D eigenvalue weighted by Crippen LogP contribution is -2.25. The zero-order valence-corrected chi connectivity index (χ0v) is 29.0. The van der Waals surface area contributed by atoms with Gasteiger partial charge in [-0.15, -0.1) is 0 Å². The smallest absolute Gasteiger partial charge is 0.305 e. The van der Waals surface area contributed by atoms with Gasteiger partial charge in [0.2, 0.25) is 0 Å². The number of carbonyl (C=O) groups excluding carboxylic acids is 3. The highest BCUT2D eigenvalue weighted by atomic mass is 16.6. The predicted octanol–water partition coefficient (Wildman–Crippen LogP) is 10.1. The highest BCUT2D eigenvalue weighted by molar-refractivity contribution is 5.90. The van der Waals surface area contributed by atoms with Crippen molar-refractivity contribution < 1.29 is 29.0 Å². The summed E-state index contributed by atoms with van der Waals surface area (Å²) in [7, 11) is 0. The highest BCUT2D eigenvalue weighted by Crippen LogP contribution is 2.14. The van der Waals surface area contributed by atoms with Crippen molar-refractivity contribution in [3.8, 4) is 0 Å². The van der Waals surface area contributed by atoms with E-state index in [1.54, 1.807) is 6.08 Å². The number of ketones is 1. The minimum atomic E-state index is -1.05. The van der Waals surface area contributed by atoms with Crippen molar-refractivity contribution in [2.45, 2.75) is 162 Å². The van der Waals surface area contributed by atoms with Gasteiger partial charge in [0.15, 0.2) is 5.78 Å². The lowest BCUT2D eigenvalue weighted by atomic mass is 10.0. The number of rotatable bonds is 31. The fourth-order valence-corrected chi connectivity index (χ4v) is 4.69. The molecule has 0 unspecified atom stereocenters. The van der Waals surface area contributed by atoms with Crippen LogP contribution in [0.5, 0.6) is 0 Å². The van der Waals surface area contributed by atoms with Gasteiger partial charge in [-0.05, 0) is 50.5 Å². The molecule has 0 aromatic heterocycles. The van der Waals surface area contributed by atoms with E-state index in [1.165, 1.54) is 76.7 Å². The molecule has 0 amide bonds. The predicted molar refractivity (Wildman–Crippen MR) is 187 cm³/mol. The first kappa shape index (κ1) is 42.5. The van der Waals surface area contributed by atoms with Crippen molar-refractivity contribution >= 4 is 17.7 Å². The molecule has 0 saturated heterocycles. The van der Waals surface area contributed by atoms with Crippen molar-refractivity contribution in [3.05, 3.63) is 48.6 Å². The molecule has 0 aromatic carbocycles. The van der Waals surface area contributed by atoms with Crippen LogP contribution in [0.25, 0.3) is 0 Å². The van der Waals surface area contributed by atoms with Crippen molar-refractivity contribution in [1.82, 2.24) is 0 Å². The van der Waals surface area contributed by atoms with E-state index >= 15 is 0 Å². The second-order valence-corrected chi connectivity index (χ2v) is 12.5. The van der Waals surface area contributed by atoms with Gasteiger partial charge in [-0.3, -0.25) is 14.4 Å². The number of carbonyl (C=O) groups is 3. The van der Waals surface area contributed by atoms with Crippen molar-refractivity contribution in [1.29, 1.82) is 0 Å². The number of aliphatic hydroxyl groups is 1. The number of allylic oxidation sites excluding steroid dienone is 8. The number of hydrogen-bond donors (Lipinski definition) is 1. The Labute approximate surface area is 275 Å². The molecule has 0 aromatic rings. The van der Waals surface area contributed by atoms with Crippen molar-refractivity contribution in [2.75, 3.05) is 13.2 Å². The van der Waals surface area contributed by atoms with Crippen LogP contribution in [0.2, 0.25) is 0 Å². The summed E-state index contributed by atoms with van der Waals surface area (Å²) in [5.41, 5.74) is 0. The first-order valence-electron chi connectivity index (χ1n) is 18.0. The Hall–Kier alpha value is -2.47. The molecular weight excluding hydrogens is 564 g/mol. The standard InChI is InChI=1S/C39H66O6/c1-4-5-6-7-8-9-10-11-12-16-19-22-25-29-36(40)30-27-32-39(43)45-34-37(41)33-44-38(42)31-26-23-20-17-14-13-15-18-21-24-28-35(2)3/h8-9,11-12,19,22,25,29,35,37,41H,4-7,10,13-18,20-21,23-24,26-28,30-34H2,1-3H3/b9-8-,12-11-,22-19-,29-25+/t37-/m1/s1. The SMILES string of the molecule is CCCCC/C=C\C/C=C\C/C=C\C=C\C(=O)CCCC(=O)OC[C@H](O)COC(=O)CCCCCCCCCCCCC(C)C. The van der Waals surface area contributed by atoms with Gasteiger partial charge in [0.05, 0.1) is 0 Å². The van der Waals surface area contributed by atoms with E-state index in [2.05, 4.69) is 45.1 Å². The van der Waals surface area contributed by atoms with Crippen LogP contribution < -0.4 is 0 Å². The van der Waals surface area contributed by atoms with Crippen LogP contribution in [0.3, 0.4) is 0 Å². The summed E-state index contributed by atoms with van der Waals surface area (Å²) in [6.07, 6.45) is 35.9. The van der Waals surface area contributed by atoms with Crippen LogP contribution in [0, 0.1) is 5.92 Å². The molecule has 258 valence electrons. The van der Waals surface area contributed by atoms with Gasteiger partial charge in [0, 0.05) is 19.3 Å². The minimum Gasteiger partial charge on any atom is -0.463 e. The maximum Gasteiger partial charge on any atom is 0.305 e. The average Bonchev–Trinajstić information content (AvgIpc) is 3.01. The highest BCUT2D eigenvalue weighted by Gasteiger charge is 2.12. The van der Waals surface area contributed by atoms with E-state index in [-0.39, 0.29) is 37.8 Å². The molecule has 0 saturated carbocycles. The second-order valence-electron chi connectivity index (χ2n) is 12.5. The van der Waals surface area contributed by atoms with E-state index in [4.69, 9.17) is 9.47 Å². The monoisotopic (exact) mass is 630 g/mol. The normalized spacial score (nSPS) is 12.7. The van der Waals surface area contributed by atoms with Gasteiger partial charge in [0.25, 0.3) is 0 Å². The molecule has 0 bridgehead atoms. The number of ether oxygens (including phenoxy) is 2. The molecule has 6 nitrogen and oxygen atoms in total. The van der Waals surface area contributed by atoms with Gasteiger partial charge in [0.1, 0.15) is 19.3 Å². The van der Waals surface area contributed by atoms with E-state index in [0.717, 1.165) is 44.4 Å². The fraction of sp³-hybridized carbons (Fsp3) is 0.718. The first-order chi connectivity index (χ1) is 21.8. The number of aliphatic hydroxyl groups excluding tert-OH is 1. The molecule has 1 atom stereocenters. The lowest BCUT2D eigenvalue weighted by Gasteiger charge is -2.12. The average molecular weight is 631 g/mol. The number of hydrogen-bond acceptors (Lipinski definition) is 6. The molecule has 0 aliphatic carbocycles. The quantitative estimate of drug-likeness (QED) is 0.0269. The maximum absolute atomic E-state index is 12.0. The van der Waals surface area contributed by atoms with Crippen LogP contribution in [0.1, 0.15) is 156 Å². The van der Waals surface area contributed by atoms with Gasteiger partial charge >= 0.3 is 11.9 Å². The third-order valence-electron chi connectivity index (χ3n) is 7.47. The Kier molecular flexibility index (Phi) is 31.1. The molecule has 45 heavy (non-hydrogen) atoms. The van der Waals surface area contributed by atoms with E-state index in [9.17, 15) is 19.5 Å². The molecule has 6 heteroatoms. The Balaban J connectivity index is 3.67. The molecule has 1 N–H and O–H groups in total. The molecular formula is C39H66O6. The Bertz CT molecular complexity index is 838. The van der Waals surface area contributed by atoms with Gasteiger partial charge in [-0.25, -0.2) is 0 Å². The minimum absolute atomic E-state index is 0.0500. The van der Waals surface area contributed by atoms with Gasteiger partial charge in [-0.1, -0.05) is 140 Å². The van der Waals surface area contributed by atoms with Crippen LogP contribution in [-0.4, -0.2) is 42.1 Å². The Morgan fingerprint density at radius 2 is 1.13 bits per heavy atom. The zero-order valence-electron chi connectivity index (χ0n) is 29.0.